The van der Waals surface area contributed by atoms with Crippen LogP contribution in [0.4, 0.5) is 10.1 Å². The minimum atomic E-state index is -0.879. The Kier molecular flexibility index (Phi) is 4.24. The van der Waals surface area contributed by atoms with Crippen LogP contribution in [-0.4, -0.2) is 15.7 Å². The first-order valence-corrected chi connectivity index (χ1v) is 7.25. The number of furan rings is 1. The molecule has 0 aliphatic heterocycles. The van der Waals surface area contributed by atoms with Crippen molar-refractivity contribution in [1.82, 2.24) is 9.78 Å². The summed E-state index contributed by atoms with van der Waals surface area (Å²) in [5, 5.41) is 6.73. The fourth-order valence-corrected chi connectivity index (χ4v) is 2.18. The summed E-state index contributed by atoms with van der Waals surface area (Å²) >= 11 is 0. The van der Waals surface area contributed by atoms with Crippen LogP contribution in [0.3, 0.4) is 0 Å². The highest BCUT2D eigenvalue weighted by Gasteiger charge is 2.18. The maximum atomic E-state index is 13.2. The Morgan fingerprint density at radius 2 is 2.08 bits per heavy atom. The quantitative estimate of drug-likeness (QED) is 0.799. The highest BCUT2D eigenvalue weighted by atomic mass is 19.1. The second-order valence-corrected chi connectivity index (χ2v) is 5.15. The van der Waals surface area contributed by atoms with Crippen LogP contribution < -0.4 is 10.9 Å². The smallest absolute Gasteiger partial charge is 0.267 e. The van der Waals surface area contributed by atoms with Crippen LogP contribution in [0, 0.1) is 5.82 Å². The van der Waals surface area contributed by atoms with E-state index in [1.807, 2.05) is 0 Å². The van der Waals surface area contributed by atoms with Crippen molar-refractivity contribution in [3.63, 3.8) is 0 Å². The van der Waals surface area contributed by atoms with Crippen LogP contribution >= 0.6 is 0 Å². The number of nitrogens with one attached hydrogen (secondary N) is 1. The molecule has 3 aromatic rings. The maximum Gasteiger partial charge on any atom is 0.267 e. The van der Waals surface area contributed by atoms with Crippen molar-refractivity contribution >= 4 is 11.6 Å². The van der Waals surface area contributed by atoms with Crippen molar-refractivity contribution in [2.24, 2.45) is 0 Å². The molecule has 2 aromatic heterocycles. The van der Waals surface area contributed by atoms with Gasteiger partial charge in [0.2, 0.25) is 5.91 Å². The summed E-state index contributed by atoms with van der Waals surface area (Å²) in [6.45, 7) is 1.54. The van der Waals surface area contributed by atoms with E-state index in [0.29, 0.717) is 17.1 Å². The van der Waals surface area contributed by atoms with E-state index in [-0.39, 0.29) is 0 Å². The molecule has 1 amide bonds. The molecule has 0 radical (unpaired) electrons. The van der Waals surface area contributed by atoms with E-state index < -0.39 is 23.3 Å². The second-order valence-electron chi connectivity index (χ2n) is 5.15. The Labute approximate surface area is 136 Å². The zero-order valence-electron chi connectivity index (χ0n) is 12.8. The number of aromatic nitrogens is 2. The van der Waals surface area contributed by atoms with Crippen molar-refractivity contribution in [3.8, 4) is 11.5 Å². The van der Waals surface area contributed by atoms with Gasteiger partial charge in [-0.05, 0) is 43.3 Å². The number of halogens is 1. The number of hydrogen-bond acceptors (Lipinski definition) is 4. The zero-order chi connectivity index (χ0) is 17.1. The van der Waals surface area contributed by atoms with Crippen molar-refractivity contribution < 1.29 is 13.6 Å². The van der Waals surface area contributed by atoms with Crippen LogP contribution in [0.5, 0.6) is 0 Å². The Bertz CT molecular complexity index is 919. The van der Waals surface area contributed by atoms with E-state index >= 15 is 0 Å². The van der Waals surface area contributed by atoms with Gasteiger partial charge >= 0.3 is 0 Å². The molecule has 0 saturated carbocycles. The topological polar surface area (TPSA) is 77.1 Å². The first-order chi connectivity index (χ1) is 11.5. The maximum absolute atomic E-state index is 13.2. The normalized spacial score (nSPS) is 11.9. The lowest BCUT2D eigenvalue weighted by molar-refractivity contribution is -0.119. The summed E-state index contributed by atoms with van der Waals surface area (Å²) in [4.78, 5) is 24.3. The molecule has 0 bridgehead atoms. The van der Waals surface area contributed by atoms with E-state index in [1.165, 1.54) is 43.5 Å². The molecule has 3 rings (SSSR count). The minimum Gasteiger partial charge on any atom is -0.463 e. The molecule has 1 N–H and O–H groups in total. The standard InChI is InChI=1S/C17H14FN3O3/c1-11(17(23)19-13-5-2-4-12(18)10-13)21-16(22)8-7-14(20-21)15-6-3-9-24-15/h2-11H,1H3,(H,19,23). The predicted octanol–water partition coefficient (Wildman–Crippen LogP) is 2.84. The summed E-state index contributed by atoms with van der Waals surface area (Å²) < 4.78 is 19.5. The van der Waals surface area contributed by atoms with E-state index in [0.717, 1.165) is 4.68 Å². The number of hydrogen-bond donors (Lipinski definition) is 1. The van der Waals surface area contributed by atoms with Crippen LogP contribution in [0.15, 0.2) is 64.0 Å². The molecular weight excluding hydrogens is 313 g/mol. The van der Waals surface area contributed by atoms with Crippen molar-refractivity contribution in [2.75, 3.05) is 5.32 Å². The number of benzene rings is 1. The van der Waals surface area contributed by atoms with Gasteiger partial charge in [-0.3, -0.25) is 9.59 Å². The molecule has 7 heteroatoms. The van der Waals surface area contributed by atoms with Crippen molar-refractivity contribution in [3.05, 3.63) is 71.0 Å². The van der Waals surface area contributed by atoms with Gasteiger partial charge in [0.1, 0.15) is 17.6 Å². The molecular formula is C17H14FN3O3. The predicted molar refractivity (Wildman–Crippen MR) is 85.9 cm³/mol. The SMILES string of the molecule is CC(C(=O)Nc1cccc(F)c1)n1nc(-c2ccco2)ccc1=O. The van der Waals surface area contributed by atoms with Gasteiger partial charge in [0.15, 0.2) is 5.76 Å². The summed E-state index contributed by atoms with van der Waals surface area (Å²) in [7, 11) is 0. The van der Waals surface area contributed by atoms with Gasteiger partial charge in [0.05, 0.1) is 6.26 Å². The number of anilines is 1. The van der Waals surface area contributed by atoms with Crippen molar-refractivity contribution in [2.45, 2.75) is 13.0 Å². The summed E-state index contributed by atoms with van der Waals surface area (Å²) in [6, 6.07) is 10.9. The second kappa shape index (κ2) is 6.49. The number of carbonyl (C=O) groups excluding carboxylic acids is 1. The summed E-state index contributed by atoms with van der Waals surface area (Å²) in [6.07, 6.45) is 1.49. The Morgan fingerprint density at radius 1 is 1.25 bits per heavy atom. The average molecular weight is 327 g/mol. The van der Waals surface area contributed by atoms with Gasteiger partial charge in [-0.2, -0.15) is 5.10 Å². The van der Waals surface area contributed by atoms with E-state index in [9.17, 15) is 14.0 Å². The molecule has 122 valence electrons. The third kappa shape index (κ3) is 3.24. The fourth-order valence-electron chi connectivity index (χ4n) is 2.18. The monoisotopic (exact) mass is 327 g/mol. The number of amides is 1. The molecule has 1 aromatic carbocycles. The molecule has 1 unspecified atom stereocenters. The fraction of sp³-hybridized carbons (Fsp3) is 0.118. The minimum absolute atomic E-state index is 0.307. The van der Waals surface area contributed by atoms with Crippen LogP contribution in [0.2, 0.25) is 0 Å². The Balaban J connectivity index is 1.86. The molecule has 0 aliphatic rings. The Morgan fingerprint density at radius 3 is 2.79 bits per heavy atom. The number of nitrogens with zero attached hydrogens (tertiary/aromatic N) is 2. The number of rotatable bonds is 4. The Hall–Kier alpha value is -3.22. The van der Waals surface area contributed by atoms with E-state index in [1.54, 1.807) is 18.2 Å². The molecule has 0 saturated heterocycles. The van der Waals surface area contributed by atoms with Gasteiger partial charge in [-0.25, -0.2) is 9.07 Å². The highest BCUT2D eigenvalue weighted by molar-refractivity contribution is 5.93. The van der Waals surface area contributed by atoms with Gasteiger partial charge in [-0.15, -0.1) is 0 Å². The third-order valence-electron chi connectivity index (χ3n) is 3.44. The number of carbonyl (C=O) groups is 1. The molecule has 6 nitrogen and oxygen atoms in total. The molecule has 1 atom stereocenters. The summed E-state index contributed by atoms with van der Waals surface area (Å²) in [5.74, 6) is -0.455. The lowest BCUT2D eigenvalue weighted by Gasteiger charge is -2.14. The highest BCUT2D eigenvalue weighted by Crippen LogP contribution is 2.17. The van der Waals surface area contributed by atoms with Gasteiger partial charge in [-0.1, -0.05) is 6.07 Å². The summed E-state index contributed by atoms with van der Waals surface area (Å²) in [5.41, 5.74) is 0.319. The van der Waals surface area contributed by atoms with Crippen molar-refractivity contribution in [1.29, 1.82) is 0 Å². The average Bonchev–Trinajstić information content (AvgIpc) is 3.09. The molecule has 0 spiro atoms. The van der Waals surface area contributed by atoms with Crippen LogP contribution in [0.1, 0.15) is 13.0 Å². The van der Waals surface area contributed by atoms with Gasteiger partial charge in [0.25, 0.3) is 5.56 Å². The lowest BCUT2D eigenvalue weighted by atomic mass is 10.2. The molecule has 2 heterocycles. The first-order valence-electron chi connectivity index (χ1n) is 7.25. The zero-order valence-corrected chi connectivity index (χ0v) is 12.8. The lowest BCUT2D eigenvalue weighted by Crippen LogP contribution is -2.33. The van der Waals surface area contributed by atoms with Crippen LogP contribution in [0.25, 0.3) is 11.5 Å². The van der Waals surface area contributed by atoms with Gasteiger partial charge in [0, 0.05) is 11.8 Å². The van der Waals surface area contributed by atoms with Crippen LogP contribution in [-0.2, 0) is 4.79 Å². The molecule has 24 heavy (non-hydrogen) atoms. The van der Waals surface area contributed by atoms with E-state index in [4.69, 9.17) is 4.42 Å². The largest absolute Gasteiger partial charge is 0.463 e. The van der Waals surface area contributed by atoms with E-state index in [2.05, 4.69) is 10.4 Å². The molecule has 0 fully saturated rings. The van der Waals surface area contributed by atoms with Gasteiger partial charge < -0.3 is 9.73 Å². The molecule has 0 aliphatic carbocycles. The third-order valence-corrected chi connectivity index (χ3v) is 3.44. The first kappa shape index (κ1) is 15.7.